The second kappa shape index (κ2) is 10.4. The van der Waals surface area contributed by atoms with Crippen molar-refractivity contribution in [2.45, 2.75) is 114 Å². The summed E-state index contributed by atoms with van der Waals surface area (Å²) in [4.78, 5) is 14.9. The molecule has 0 saturated heterocycles. The van der Waals surface area contributed by atoms with Gasteiger partial charge in [0, 0.05) is 40.4 Å². The number of aliphatic hydroxyl groups excluding tert-OH is 1. The van der Waals surface area contributed by atoms with Gasteiger partial charge in [-0.1, -0.05) is 86.8 Å². The summed E-state index contributed by atoms with van der Waals surface area (Å²) in [7, 11) is 0. The number of carbonyl (C=O) groups is 1. The highest BCUT2D eigenvalue weighted by molar-refractivity contribution is 6.14. The van der Waals surface area contributed by atoms with E-state index in [2.05, 4.69) is 95.0 Å². The highest BCUT2D eigenvalue weighted by atomic mass is 16.5. The minimum Gasteiger partial charge on any atom is -0.512 e. The Hall–Kier alpha value is -2.81. The Morgan fingerprint density at radius 3 is 2.29 bits per heavy atom. The van der Waals surface area contributed by atoms with E-state index in [1.165, 1.54) is 16.7 Å². The summed E-state index contributed by atoms with van der Waals surface area (Å²) >= 11 is 0. The van der Waals surface area contributed by atoms with Crippen LogP contribution in [0, 0.1) is 28.6 Å². The first-order valence-electron chi connectivity index (χ1n) is 15.7. The van der Waals surface area contributed by atoms with Crippen molar-refractivity contribution >= 4 is 5.78 Å². The minimum atomic E-state index is -0.454. The number of aryl methyl sites for hydroxylation is 1. The molecule has 0 saturated carbocycles. The van der Waals surface area contributed by atoms with E-state index in [1.54, 1.807) is 0 Å². The summed E-state index contributed by atoms with van der Waals surface area (Å²) in [5, 5.41) is 11.2. The number of fused-ring (bicyclic) bond motifs is 3. The quantitative estimate of drug-likeness (QED) is 0.332. The van der Waals surface area contributed by atoms with Crippen LogP contribution in [-0.2, 0) is 17.6 Å². The van der Waals surface area contributed by atoms with Crippen molar-refractivity contribution in [3.05, 3.63) is 93.0 Å². The van der Waals surface area contributed by atoms with Crippen molar-refractivity contribution < 1.29 is 14.6 Å². The zero-order valence-corrected chi connectivity index (χ0v) is 28.3. The molecule has 1 aromatic rings. The van der Waals surface area contributed by atoms with Crippen LogP contribution in [0.15, 0.2) is 65.2 Å². The summed E-state index contributed by atoms with van der Waals surface area (Å²) in [6.07, 6.45) is 3.72. The Balaban J connectivity index is 1.85. The second-order valence-electron chi connectivity index (χ2n) is 15.8. The van der Waals surface area contributed by atoms with Gasteiger partial charge < -0.3 is 9.84 Å². The Kier molecular flexibility index (Phi) is 7.97. The van der Waals surface area contributed by atoms with E-state index in [4.69, 9.17) is 4.74 Å². The molecule has 42 heavy (non-hydrogen) atoms. The van der Waals surface area contributed by atoms with E-state index in [1.807, 2.05) is 6.92 Å². The fourth-order valence-corrected chi connectivity index (χ4v) is 8.46. The van der Waals surface area contributed by atoms with Crippen molar-refractivity contribution in [3.8, 4) is 0 Å². The average molecular weight is 571 g/mol. The van der Waals surface area contributed by atoms with Crippen molar-refractivity contribution in [1.82, 2.24) is 0 Å². The predicted octanol–water partition coefficient (Wildman–Crippen LogP) is 10.5. The number of Topliss-reactive ketones (excluding diaryl/α,β-unsaturated/α-hetero) is 1. The van der Waals surface area contributed by atoms with E-state index >= 15 is 0 Å². The van der Waals surface area contributed by atoms with E-state index in [0.717, 1.165) is 70.4 Å². The zero-order chi connectivity index (χ0) is 31.7. The molecule has 0 radical (unpaired) electrons. The van der Waals surface area contributed by atoms with Crippen LogP contribution in [0.5, 0.6) is 0 Å². The van der Waals surface area contributed by atoms with Crippen LogP contribution in [0.2, 0.25) is 0 Å². The molecule has 4 rings (SSSR count). The number of allylic oxidation sites excluding steroid dienone is 7. The van der Waals surface area contributed by atoms with Crippen LogP contribution in [0.1, 0.15) is 127 Å². The van der Waals surface area contributed by atoms with Gasteiger partial charge in [0.1, 0.15) is 5.76 Å². The van der Waals surface area contributed by atoms with E-state index < -0.39 is 5.41 Å². The molecule has 0 aliphatic heterocycles. The molecular formula is C39H54O3. The number of hydrogen-bond donors (Lipinski definition) is 1. The average Bonchev–Trinajstić information content (AvgIpc) is 2.83. The van der Waals surface area contributed by atoms with Gasteiger partial charge in [0.25, 0.3) is 0 Å². The van der Waals surface area contributed by atoms with Gasteiger partial charge in [-0.3, -0.25) is 4.79 Å². The summed E-state index contributed by atoms with van der Waals surface area (Å²) in [6.45, 7) is 37.5. The molecule has 0 spiro atoms. The lowest BCUT2D eigenvalue weighted by Crippen LogP contribution is -2.54. The molecule has 228 valence electrons. The standard InChI is InChI=1S/C39H54O3/c1-22(2)29-17-28(16-15-24(5)42-21-36(9,10)11)25(6)33-30(29)18-37(12)20-38(13)19-31(40)32(23(3)4)26(7)39(38,14)27(8)34(37)35(33)41/h17,22,40H,3,5,7,15-16,18-21H2,1-2,4,6,8-14H3/t37-,38+,39-/m1/s1. The van der Waals surface area contributed by atoms with Crippen molar-refractivity contribution in [1.29, 1.82) is 0 Å². The lowest BCUT2D eigenvalue weighted by atomic mass is 9.42. The largest absolute Gasteiger partial charge is 0.512 e. The lowest BCUT2D eigenvalue weighted by Gasteiger charge is -2.61. The molecule has 0 unspecified atom stereocenters. The fourth-order valence-electron chi connectivity index (χ4n) is 8.46. The maximum Gasteiger partial charge on any atom is 0.190 e. The van der Waals surface area contributed by atoms with E-state index in [9.17, 15) is 9.90 Å². The molecule has 0 heterocycles. The Labute approximate surface area is 255 Å². The molecule has 1 aromatic carbocycles. The number of benzene rings is 1. The van der Waals surface area contributed by atoms with Crippen LogP contribution in [0.25, 0.3) is 0 Å². The molecule has 3 atom stereocenters. The van der Waals surface area contributed by atoms with Gasteiger partial charge in [0.15, 0.2) is 5.78 Å². The fraction of sp³-hybridized carbons (Fsp3) is 0.564. The molecule has 0 aromatic heterocycles. The normalized spacial score (nSPS) is 27.6. The Bertz CT molecular complexity index is 1450. The van der Waals surface area contributed by atoms with Gasteiger partial charge >= 0.3 is 0 Å². The summed E-state index contributed by atoms with van der Waals surface area (Å²) in [5.74, 6) is 1.65. The van der Waals surface area contributed by atoms with Crippen molar-refractivity contribution in [3.63, 3.8) is 0 Å². The number of rotatable bonds is 7. The molecular weight excluding hydrogens is 516 g/mol. The summed E-state index contributed by atoms with van der Waals surface area (Å²) < 4.78 is 5.99. The van der Waals surface area contributed by atoms with Crippen molar-refractivity contribution in [2.75, 3.05) is 6.61 Å². The van der Waals surface area contributed by atoms with Gasteiger partial charge in [-0.25, -0.2) is 0 Å². The van der Waals surface area contributed by atoms with Gasteiger partial charge in [0.05, 0.1) is 12.4 Å². The van der Waals surface area contributed by atoms with Gasteiger partial charge in [0.2, 0.25) is 0 Å². The molecule has 3 heteroatoms. The zero-order valence-electron chi connectivity index (χ0n) is 28.3. The SMILES string of the molecule is C=C(CCc1cc(C(C)C)c2c(c1C)C(=O)C1=C(C)[C@@]3(C)C(=C)C(C(=C)C)=C(O)C[C@@]3(C)C[C@@]1(C)C2)OCC(C)(C)C. The maximum absolute atomic E-state index is 14.9. The first-order chi connectivity index (χ1) is 19.2. The topological polar surface area (TPSA) is 46.5 Å². The molecule has 1 N–H and O–H groups in total. The Morgan fingerprint density at radius 1 is 1.12 bits per heavy atom. The number of aliphatic hydroxyl groups is 1. The van der Waals surface area contributed by atoms with Gasteiger partial charge in [-0.15, -0.1) is 0 Å². The first-order valence-corrected chi connectivity index (χ1v) is 15.7. The minimum absolute atomic E-state index is 0.0795. The van der Waals surface area contributed by atoms with E-state index in [-0.39, 0.29) is 22.0 Å². The van der Waals surface area contributed by atoms with Crippen LogP contribution in [-0.4, -0.2) is 17.5 Å². The van der Waals surface area contributed by atoms with Crippen LogP contribution < -0.4 is 0 Å². The molecule has 0 amide bonds. The second-order valence-corrected chi connectivity index (χ2v) is 15.8. The molecule has 3 aliphatic carbocycles. The van der Waals surface area contributed by atoms with Crippen molar-refractivity contribution in [2.24, 2.45) is 21.7 Å². The van der Waals surface area contributed by atoms with Crippen LogP contribution >= 0.6 is 0 Å². The first kappa shape index (κ1) is 32.1. The molecule has 0 bridgehead atoms. The predicted molar refractivity (Wildman–Crippen MR) is 176 cm³/mol. The number of ketones is 1. The smallest absolute Gasteiger partial charge is 0.190 e. The summed E-state index contributed by atoms with van der Waals surface area (Å²) in [6, 6.07) is 2.35. The maximum atomic E-state index is 14.9. The van der Waals surface area contributed by atoms with Crippen LogP contribution in [0.4, 0.5) is 0 Å². The van der Waals surface area contributed by atoms with Gasteiger partial charge in [-0.2, -0.15) is 0 Å². The highest BCUT2D eigenvalue weighted by Gasteiger charge is 2.61. The molecule has 3 nitrogen and oxygen atoms in total. The summed E-state index contributed by atoms with van der Waals surface area (Å²) in [5.41, 5.74) is 9.25. The number of carbonyl (C=O) groups excluding carboxylic acids is 1. The molecule has 0 fully saturated rings. The third kappa shape index (κ3) is 4.95. The number of ether oxygens (including phenoxy) is 1. The number of hydrogen-bond acceptors (Lipinski definition) is 3. The van der Waals surface area contributed by atoms with Crippen LogP contribution in [0.3, 0.4) is 0 Å². The monoisotopic (exact) mass is 570 g/mol. The molecule has 3 aliphatic rings. The third-order valence-corrected chi connectivity index (χ3v) is 10.8. The van der Waals surface area contributed by atoms with E-state index in [0.29, 0.717) is 24.7 Å². The Morgan fingerprint density at radius 2 is 1.74 bits per heavy atom. The lowest BCUT2D eigenvalue weighted by molar-refractivity contribution is 0.0351. The van der Waals surface area contributed by atoms with Gasteiger partial charge in [-0.05, 0) is 90.2 Å². The highest BCUT2D eigenvalue weighted by Crippen LogP contribution is 2.69. The third-order valence-electron chi connectivity index (χ3n) is 10.8.